The Kier molecular flexibility index (Phi) is 10.4. The van der Waals surface area contributed by atoms with Gasteiger partial charge in [0.05, 0.1) is 0 Å². The fraction of sp³-hybridized carbons (Fsp3) is 0.737. The standard InChI is InChI=1S/C19H33N9.HI/c1-3-16-24-23-15-27(16)14-12-22-19(20-4-2)21-11-8-10-18-26-25-17-9-6-5-7-13-28(17)18;/h15H,3-14H2,1-2H3,(H2,20,21,22);1H. The topological polar surface area (TPSA) is 97.8 Å². The molecule has 0 atom stereocenters. The fourth-order valence-corrected chi connectivity index (χ4v) is 3.53. The molecule has 0 saturated carbocycles. The van der Waals surface area contributed by atoms with Gasteiger partial charge in [-0.25, -0.2) is 0 Å². The number of halogens is 1. The molecule has 0 aromatic carbocycles. The number of aryl methyl sites for hydroxylation is 3. The van der Waals surface area contributed by atoms with Crippen LogP contribution in [0.3, 0.4) is 0 Å². The third-order valence-corrected chi connectivity index (χ3v) is 5.02. The molecule has 162 valence electrons. The van der Waals surface area contributed by atoms with Crippen LogP contribution in [0, 0.1) is 0 Å². The number of nitrogens with one attached hydrogen (secondary N) is 2. The Balaban J connectivity index is 0.00000300. The SMILES string of the molecule is CCNC(=NCCCc1nnc2n1CCCCC2)NCCn1cnnc1CC.I. The lowest BCUT2D eigenvalue weighted by molar-refractivity contribution is 0.597. The number of rotatable bonds is 9. The number of guanidine groups is 1. The second-order valence-electron chi connectivity index (χ2n) is 7.08. The predicted molar refractivity (Wildman–Crippen MR) is 125 cm³/mol. The largest absolute Gasteiger partial charge is 0.357 e. The second kappa shape index (κ2) is 12.8. The fourth-order valence-electron chi connectivity index (χ4n) is 3.53. The average molecular weight is 515 g/mol. The Morgan fingerprint density at radius 3 is 2.83 bits per heavy atom. The molecule has 1 aliphatic heterocycles. The van der Waals surface area contributed by atoms with Gasteiger partial charge in [-0.1, -0.05) is 13.3 Å². The zero-order chi connectivity index (χ0) is 19.6. The molecule has 0 radical (unpaired) electrons. The summed E-state index contributed by atoms with van der Waals surface area (Å²) in [4.78, 5) is 4.70. The summed E-state index contributed by atoms with van der Waals surface area (Å²) in [6, 6.07) is 0. The number of hydrogen-bond donors (Lipinski definition) is 2. The molecule has 29 heavy (non-hydrogen) atoms. The second-order valence-corrected chi connectivity index (χ2v) is 7.08. The maximum Gasteiger partial charge on any atom is 0.191 e. The van der Waals surface area contributed by atoms with E-state index in [4.69, 9.17) is 4.99 Å². The highest BCUT2D eigenvalue weighted by Crippen LogP contribution is 2.15. The van der Waals surface area contributed by atoms with E-state index in [0.29, 0.717) is 0 Å². The van der Waals surface area contributed by atoms with E-state index in [9.17, 15) is 0 Å². The normalized spacial score (nSPS) is 14.1. The van der Waals surface area contributed by atoms with E-state index in [0.717, 1.165) is 81.8 Å². The minimum Gasteiger partial charge on any atom is -0.357 e. The van der Waals surface area contributed by atoms with Gasteiger partial charge in [0.15, 0.2) is 5.96 Å². The highest BCUT2D eigenvalue weighted by atomic mass is 127. The summed E-state index contributed by atoms with van der Waals surface area (Å²) in [6.45, 7) is 8.46. The van der Waals surface area contributed by atoms with Gasteiger partial charge >= 0.3 is 0 Å². The van der Waals surface area contributed by atoms with Crippen molar-refractivity contribution in [1.29, 1.82) is 0 Å². The minimum atomic E-state index is 0. The Hall–Kier alpha value is -1.72. The molecule has 0 bridgehead atoms. The number of hydrogen-bond acceptors (Lipinski definition) is 5. The summed E-state index contributed by atoms with van der Waals surface area (Å²) in [6.07, 6.45) is 9.39. The third kappa shape index (κ3) is 6.93. The van der Waals surface area contributed by atoms with Crippen molar-refractivity contribution in [3.63, 3.8) is 0 Å². The molecule has 10 heteroatoms. The molecule has 3 rings (SSSR count). The third-order valence-electron chi connectivity index (χ3n) is 5.02. The van der Waals surface area contributed by atoms with Crippen molar-refractivity contribution in [2.75, 3.05) is 19.6 Å². The van der Waals surface area contributed by atoms with Crippen LogP contribution in [0.15, 0.2) is 11.3 Å². The molecular formula is C19H34IN9. The number of aromatic nitrogens is 6. The minimum absolute atomic E-state index is 0. The molecule has 2 aromatic heterocycles. The van der Waals surface area contributed by atoms with Gasteiger partial charge in [0.2, 0.25) is 0 Å². The molecule has 2 aromatic rings. The lowest BCUT2D eigenvalue weighted by atomic mass is 10.2. The molecular weight excluding hydrogens is 481 g/mol. The van der Waals surface area contributed by atoms with Crippen LogP contribution >= 0.6 is 24.0 Å². The van der Waals surface area contributed by atoms with Gasteiger partial charge in [-0.2, -0.15) is 0 Å². The van der Waals surface area contributed by atoms with Crippen LogP contribution in [0.1, 0.15) is 57.0 Å². The van der Waals surface area contributed by atoms with E-state index in [1.807, 2.05) is 0 Å². The molecule has 0 unspecified atom stereocenters. The van der Waals surface area contributed by atoms with Crippen LogP contribution in [-0.2, 0) is 32.4 Å². The molecule has 9 nitrogen and oxygen atoms in total. The van der Waals surface area contributed by atoms with E-state index in [1.165, 1.54) is 19.3 Å². The van der Waals surface area contributed by atoms with E-state index in [2.05, 4.69) is 54.0 Å². The van der Waals surface area contributed by atoms with Crippen molar-refractivity contribution in [3.05, 3.63) is 23.8 Å². The zero-order valence-electron chi connectivity index (χ0n) is 17.6. The zero-order valence-corrected chi connectivity index (χ0v) is 19.9. The first-order valence-corrected chi connectivity index (χ1v) is 10.6. The Labute approximate surface area is 190 Å². The van der Waals surface area contributed by atoms with Crippen molar-refractivity contribution in [3.8, 4) is 0 Å². The van der Waals surface area contributed by atoms with Gasteiger partial charge in [-0.15, -0.1) is 44.4 Å². The van der Waals surface area contributed by atoms with Crippen molar-refractivity contribution in [2.24, 2.45) is 4.99 Å². The summed E-state index contributed by atoms with van der Waals surface area (Å²) in [5.41, 5.74) is 0. The highest BCUT2D eigenvalue weighted by Gasteiger charge is 2.14. The summed E-state index contributed by atoms with van der Waals surface area (Å²) >= 11 is 0. The molecule has 0 fully saturated rings. The maximum absolute atomic E-state index is 4.70. The van der Waals surface area contributed by atoms with Crippen LogP contribution in [0.4, 0.5) is 0 Å². The van der Waals surface area contributed by atoms with Crippen molar-refractivity contribution >= 4 is 29.9 Å². The lowest BCUT2D eigenvalue weighted by Crippen LogP contribution is -2.39. The van der Waals surface area contributed by atoms with Crippen molar-refractivity contribution < 1.29 is 0 Å². The van der Waals surface area contributed by atoms with Crippen molar-refractivity contribution in [1.82, 2.24) is 40.2 Å². The van der Waals surface area contributed by atoms with Crippen LogP contribution < -0.4 is 10.6 Å². The lowest BCUT2D eigenvalue weighted by Gasteiger charge is -2.12. The van der Waals surface area contributed by atoms with E-state index >= 15 is 0 Å². The Morgan fingerprint density at radius 1 is 1.10 bits per heavy atom. The molecule has 3 heterocycles. The summed E-state index contributed by atoms with van der Waals surface area (Å²) in [7, 11) is 0. The van der Waals surface area contributed by atoms with Gasteiger partial charge < -0.3 is 19.8 Å². The van der Waals surface area contributed by atoms with Crippen molar-refractivity contribution in [2.45, 2.75) is 71.9 Å². The Morgan fingerprint density at radius 2 is 2.00 bits per heavy atom. The van der Waals surface area contributed by atoms with Crippen LogP contribution in [0.5, 0.6) is 0 Å². The molecule has 1 aliphatic rings. The molecule has 0 spiro atoms. The predicted octanol–water partition coefficient (Wildman–Crippen LogP) is 1.96. The number of aliphatic imine (C=N–C) groups is 1. The van der Waals surface area contributed by atoms with E-state index in [1.54, 1.807) is 6.33 Å². The van der Waals surface area contributed by atoms with Gasteiger partial charge in [0, 0.05) is 52.0 Å². The van der Waals surface area contributed by atoms with Crippen LogP contribution in [-0.4, -0.2) is 55.1 Å². The summed E-state index contributed by atoms with van der Waals surface area (Å²) in [5, 5.41) is 23.6. The first kappa shape index (κ1) is 23.6. The van der Waals surface area contributed by atoms with E-state index in [-0.39, 0.29) is 24.0 Å². The average Bonchev–Trinajstić information content (AvgIpc) is 3.24. The maximum atomic E-state index is 4.70. The van der Waals surface area contributed by atoms with Crippen LogP contribution in [0.25, 0.3) is 0 Å². The molecule has 0 amide bonds. The molecule has 0 saturated heterocycles. The van der Waals surface area contributed by atoms with Gasteiger partial charge in [-0.05, 0) is 26.2 Å². The van der Waals surface area contributed by atoms with Gasteiger partial charge in [0.25, 0.3) is 0 Å². The quantitative estimate of drug-likeness (QED) is 0.230. The van der Waals surface area contributed by atoms with Gasteiger partial charge in [-0.3, -0.25) is 4.99 Å². The Bertz CT molecular complexity index is 753. The smallest absolute Gasteiger partial charge is 0.191 e. The van der Waals surface area contributed by atoms with E-state index < -0.39 is 0 Å². The highest BCUT2D eigenvalue weighted by molar-refractivity contribution is 14.0. The van der Waals surface area contributed by atoms with Gasteiger partial charge in [0.1, 0.15) is 23.8 Å². The summed E-state index contributed by atoms with van der Waals surface area (Å²) in [5.74, 6) is 4.14. The summed E-state index contributed by atoms with van der Waals surface area (Å²) < 4.78 is 4.40. The first-order valence-electron chi connectivity index (χ1n) is 10.6. The number of nitrogens with zero attached hydrogens (tertiary/aromatic N) is 7. The molecule has 2 N–H and O–H groups in total. The van der Waals surface area contributed by atoms with Crippen LogP contribution in [0.2, 0.25) is 0 Å². The monoisotopic (exact) mass is 515 g/mol. The molecule has 0 aliphatic carbocycles. The number of fused-ring (bicyclic) bond motifs is 1. The first-order chi connectivity index (χ1) is 13.8.